The Morgan fingerprint density at radius 3 is 2.67 bits per heavy atom. The Bertz CT molecular complexity index is 296. The van der Waals surface area contributed by atoms with Gasteiger partial charge in [-0.2, -0.15) is 0 Å². The van der Waals surface area contributed by atoms with Crippen molar-refractivity contribution in [2.24, 2.45) is 0 Å². The molecule has 0 spiro atoms. The number of methoxy groups -OCH3 is 1. The summed E-state index contributed by atoms with van der Waals surface area (Å²) in [5, 5.41) is 0. The normalized spacial score (nSPS) is 12.1. The van der Waals surface area contributed by atoms with Crippen molar-refractivity contribution in [2.45, 2.75) is 13.0 Å². The first-order chi connectivity index (χ1) is 5.79. The molecule has 62 valence electrons. The van der Waals surface area contributed by atoms with E-state index < -0.39 is 0 Å². The van der Waals surface area contributed by atoms with Gasteiger partial charge >= 0.3 is 0 Å². The molecule has 0 N–H and O–H groups in total. The quantitative estimate of drug-likeness (QED) is 0.603. The summed E-state index contributed by atoms with van der Waals surface area (Å²) < 4.78 is 5.18. The minimum atomic E-state index is 0.0669. The average molecular weight is 160 g/mol. The number of terminal acetylenes is 1. The zero-order valence-electron chi connectivity index (χ0n) is 7.37. The van der Waals surface area contributed by atoms with Gasteiger partial charge in [-0.3, -0.25) is 0 Å². The van der Waals surface area contributed by atoms with Gasteiger partial charge in [0.25, 0.3) is 0 Å². The summed E-state index contributed by atoms with van der Waals surface area (Å²) >= 11 is 0. The summed E-state index contributed by atoms with van der Waals surface area (Å²) in [5.41, 5.74) is 1.98. The molecule has 0 fully saturated rings. The third-order valence-electron chi connectivity index (χ3n) is 1.91. The number of hydrogen-bond donors (Lipinski definition) is 0. The van der Waals surface area contributed by atoms with E-state index >= 15 is 0 Å². The van der Waals surface area contributed by atoms with Gasteiger partial charge in [-0.1, -0.05) is 24.1 Å². The third-order valence-corrected chi connectivity index (χ3v) is 1.91. The maximum absolute atomic E-state index is 5.34. The summed E-state index contributed by atoms with van der Waals surface area (Å²) in [5.74, 6) is 2.63. The van der Waals surface area contributed by atoms with Crippen LogP contribution in [0.2, 0.25) is 0 Å². The predicted molar refractivity (Wildman–Crippen MR) is 49.8 cm³/mol. The van der Waals surface area contributed by atoms with Crippen LogP contribution in [0.5, 0.6) is 0 Å². The third kappa shape index (κ3) is 1.66. The monoisotopic (exact) mass is 160 g/mol. The SMILES string of the molecule is C#Cc1ccccc1[C@@H](C)OC. The van der Waals surface area contributed by atoms with Crippen LogP contribution < -0.4 is 0 Å². The van der Waals surface area contributed by atoms with E-state index in [9.17, 15) is 0 Å². The van der Waals surface area contributed by atoms with E-state index in [1.54, 1.807) is 7.11 Å². The lowest BCUT2D eigenvalue weighted by Gasteiger charge is -2.11. The minimum absolute atomic E-state index is 0.0669. The van der Waals surface area contributed by atoms with Crippen molar-refractivity contribution < 1.29 is 4.74 Å². The van der Waals surface area contributed by atoms with E-state index in [1.807, 2.05) is 31.2 Å². The van der Waals surface area contributed by atoms with Crippen LogP contribution in [-0.2, 0) is 4.74 Å². The van der Waals surface area contributed by atoms with Crippen molar-refractivity contribution in [1.29, 1.82) is 0 Å². The maximum Gasteiger partial charge on any atom is 0.0805 e. The van der Waals surface area contributed by atoms with Crippen molar-refractivity contribution in [3.05, 3.63) is 35.4 Å². The number of hydrogen-bond acceptors (Lipinski definition) is 1. The van der Waals surface area contributed by atoms with Crippen molar-refractivity contribution in [3.8, 4) is 12.3 Å². The first-order valence-corrected chi connectivity index (χ1v) is 3.88. The molecule has 0 aliphatic heterocycles. The zero-order chi connectivity index (χ0) is 8.97. The summed E-state index contributed by atoms with van der Waals surface area (Å²) in [6, 6.07) is 7.81. The molecule has 12 heavy (non-hydrogen) atoms. The van der Waals surface area contributed by atoms with Gasteiger partial charge in [0.2, 0.25) is 0 Å². The lowest BCUT2D eigenvalue weighted by atomic mass is 10.0. The fraction of sp³-hybridized carbons (Fsp3) is 0.273. The number of benzene rings is 1. The molecule has 0 saturated heterocycles. The van der Waals surface area contributed by atoms with Crippen LogP contribution in [0.1, 0.15) is 24.2 Å². The highest BCUT2D eigenvalue weighted by molar-refractivity contribution is 5.40. The molecule has 0 heterocycles. The van der Waals surface area contributed by atoms with Crippen molar-refractivity contribution >= 4 is 0 Å². The zero-order valence-corrected chi connectivity index (χ0v) is 7.37. The maximum atomic E-state index is 5.34. The topological polar surface area (TPSA) is 9.23 Å². The molecule has 1 atom stereocenters. The van der Waals surface area contributed by atoms with Crippen LogP contribution >= 0.6 is 0 Å². The van der Waals surface area contributed by atoms with Crippen LogP contribution in [0.25, 0.3) is 0 Å². The van der Waals surface area contributed by atoms with Crippen LogP contribution in [0.4, 0.5) is 0 Å². The van der Waals surface area contributed by atoms with Gasteiger partial charge in [0.15, 0.2) is 0 Å². The van der Waals surface area contributed by atoms with Gasteiger partial charge in [-0.05, 0) is 18.6 Å². The van der Waals surface area contributed by atoms with E-state index in [0.717, 1.165) is 11.1 Å². The first kappa shape index (κ1) is 8.83. The van der Waals surface area contributed by atoms with Gasteiger partial charge in [0.1, 0.15) is 0 Å². The van der Waals surface area contributed by atoms with Crippen LogP contribution in [0.3, 0.4) is 0 Å². The standard InChI is InChI=1S/C11H12O/c1-4-10-7-5-6-8-11(10)9(2)12-3/h1,5-9H,2-3H3/t9-/m1/s1. The lowest BCUT2D eigenvalue weighted by Crippen LogP contribution is -1.98. The summed E-state index contributed by atoms with van der Waals surface area (Å²) in [6.45, 7) is 1.98. The molecular weight excluding hydrogens is 148 g/mol. The van der Waals surface area contributed by atoms with Crippen molar-refractivity contribution in [1.82, 2.24) is 0 Å². The second kappa shape index (κ2) is 3.94. The second-order valence-electron chi connectivity index (χ2n) is 2.61. The second-order valence-corrected chi connectivity index (χ2v) is 2.61. The summed E-state index contributed by atoms with van der Waals surface area (Å²) in [4.78, 5) is 0. The Hall–Kier alpha value is -1.26. The molecule has 1 rings (SSSR count). The van der Waals surface area contributed by atoms with Crippen LogP contribution in [0.15, 0.2) is 24.3 Å². The molecule has 0 aromatic heterocycles. The molecule has 1 aromatic carbocycles. The smallest absolute Gasteiger partial charge is 0.0805 e. The Labute approximate surface area is 73.4 Å². The van der Waals surface area contributed by atoms with E-state index in [1.165, 1.54) is 0 Å². The Balaban J connectivity index is 3.07. The molecule has 0 amide bonds. The highest BCUT2D eigenvalue weighted by Crippen LogP contribution is 2.18. The fourth-order valence-corrected chi connectivity index (χ4v) is 1.11. The van der Waals surface area contributed by atoms with Gasteiger partial charge in [-0.15, -0.1) is 6.42 Å². The molecular formula is C11H12O. The molecule has 0 unspecified atom stereocenters. The van der Waals surface area contributed by atoms with E-state index in [2.05, 4.69) is 5.92 Å². The number of rotatable bonds is 2. The molecule has 0 bridgehead atoms. The first-order valence-electron chi connectivity index (χ1n) is 3.88. The Kier molecular flexibility index (Phi) is 2.90. The summed E-state index contributed by atoms with van der Waals surface area (Å²) in [7, 11) is 1.68. The largest absolute Gasteiger partial charge is 0.377 e. The van der Waals surface area contributed by atoms with Gasteiger partial charge in [0.05, 0.1) is 6.10 Å². The van der Waals surface area contributed by atoms with Gasteiger partial charge < -0.3 is 4.74 Å². The van der Waals surface area contributed by atoms with Gasteiger partial charge in [0, 0.05) is 12.7 Å². The lowest BCUT2D eigenvalue weighted by molar-refractivity contribution is 0.119. The Morgan fingerprint density at radius 2 is 2.08 bits per heavy atom. The molecule has 0 aliphatic carbocycles. The minimum Gasteiger partial charge on any atom is -0.377 e. The molecule has 0 radical (unpaired) electrons. The van der Waals surface area contributed by atoms with Crippen LogP contribution in [0, 0.1) is 12.3 Å². The molecule has 1 heteroatoms. The van der Waals surface area contributed by atoms with E-state index in [4.69, 9.17) is 11.2 Å². The highest BCUT2D eigenvalue weighted by Gasteiger charge is 2.06. The molecule has 0 aliphatic rings. The predicted octanol–water partition coefficient (Wildman–Crippen LogP) is 2.38. The van der Waals surface area contributed by atoms with E-state index in [0.29, 0.717) is 0 Å². The fourth-order valence-electron chi connectivity index (χ4n) is 1.11. The highest BCUT2D eigenvalue weighted by atomic mass is 16.5. The Morgan fingerprint density at radius 1 is 1.42 bits per heavy atom. The van der Waals surface area contributed by atoms with Crippen molar-refractivity contribution in [3.63, 3.8) is 0 Å². The summed E-state index contributed by atoms with van der Waals surface area (Å²) in [6.07, 6.45) is 5.40. The molecule has 1 nitrogen and oxygen atoms in total. The number of ether oxygens (including phenoxy) is 1. The average Bonchev–Trinajstić information content (AvgIpc) is 2.16. The van der Waals surface area contributed by atoms with Crippen molar-refractivity contribution in [2.75, 3.05) is 7.11 Å². The van der Waals surface area contributed by atoms with E-state index in [-0.39, 0.29) is 6.10 Å². The van der Waals surface area contributed by atoms with Gasteiger partial charge in [-0.25, -0.2) is 0 Å². The molecule has 1 aromatic rings. The molecule has 0 saturated carbocycles. The van der Waals surface area contributed by atoms with Crippen LogP contribution in [-0.4, -0.2) is 7.11 Å².